The fourth-order valence-electron chi connectivity index (χ4n) is 2.11. The zero-order valence-corrected chi connectivity index (χ0v) is 11.0. The van der Waals surface area contributed by atoms with E-state index in [0.717, 1.165) is 31.5 Å². The molecule has 1 amide bonds. The lowest BCUT2D eigenvalue weighted by Crippen LogP contribution is -2.44. The Labute approximate surface area is 108 Å². The summed E-state index contributed by atoms with van der Waals surface area (Å²) < 4.78 is 5.23. The van der Waals surface area contributed by atoms with Crippen LogP contribution in [0.1, 0.15) is 29.0 Å². The Morgan fingerprint density at radius 1 is 1.47 bits per heavy atom. The maximum absolute atomic E-state index is 12.1. The zero-order valence-electron chi connectivity index (χ0n) is 10.2. The van der Waals surface area contributed by atoms with Gasteiger partial charge in [-0.05, 0) is 32.9 Å². The molecule has 0 spiro atoms. The maximum atomic E-state index is 12.1. The van der Waals surface area contributed by atoms with Crippen LogP contribution in [0.5, 0.6) is 0 Å². The first-order valence-electron chi connectivity index (χ1n) is 5.73. The molecule has 0 atom stereocenters. The van der Waals surface area contributed by atoms with Gasteiger partial charge in [0.25, 0.3) is 5.91 Å². The number of rotatable bonds is 2. The maximum Gasteiger partial charge on any atom is 0.289 e. The van der Waals surface area contributed by atoms with Crippen LogP contribution < -0.4 is 5.32 Å². The number of furan rings is 1. The number of piperidine rings is 1. The second kappa shape index (κ2) is 6.07. The number of aryl methyl sites for hydroxylation is 1. The highest BCUT2D eigenvalue weighted by molar-refractivity contribution is 5.92. The number of halogens is 1. The molecular formula is C12H19ClN2O2. The van der Waals surface area contributed by atoms with Crippen molar-refractivity contribution in [3.8, 4) is 0 Å². The van der Waals surface area contributed by atoms with Gasteiger partial charge in [-0.1, -0.05) is 0 Å². The molecular weight excluding hydrogens is 240 g/mol. The first kappa shape index (κ1) is 14.1. The van der Waals surface area contributed by atoms with Crippen molar-refractivity contribution in [3.63, 3.8) is 0 Å². The van der Waals surface area contributed by atoms with Gasteiger partial charge in [0.15, 0.2) is 5.76 Å². The van der Waals surface area contributed by atoms with E-state index in [1.54, 1.807) is 6.26 Å². The Morgan fingerprint density at radius 2 is 2.12 bits per heavy atom. The highest BCUT2D eigenvalue weighted by Gasteiger charge is 2.25. The summed E-state index contributed by atoms with van der Waals surface area (Å²) in [5.41, 5.74) is 0.917. The van der Waals surface area contributed by atoms with Gasteiger partial charge in [0, 0.05) is 24.7 Å². The van der Waals surface area contributed by atoms with E-state index in [-0.39, 0.29) is 18.3 Å². The molecule has 1 aliphatic rings. The first-order valence-corrected chi connectivity index (χ1v) is 5.73. The smallest absolute Gasteiger partial charge is 0.289 e. The van der Waals surface area contributed by atoms with E-state index in [4.69, 9.17) is 4.42 Å². The number of likely N-dealkylation sites (tertiary alicyclic amines) is 1. The number of hydrogen-bond acceptors (Lipinski definition) is 3. The Morgan fingerprint density at radius 3 is 2.59 bits per heavy atom. The fourth-order valence-corrected chi connectivity index (χ4v) is 2.11. The van der Waals surface area contributed by atoms with Gasteiger partial charge in [-0.25, -0.2) is 0 Å². The summed E-state index contributed by atoms with van der Waals surface area (Å²) in [5.74, 6) is 0.514. The summed E-state index contributed by atoms with van der Waals surface area (Å²) in [6, 6.07) is 2.37. The molecule has 0 aromatic carbocycles. The van der Waals surface area contributed by atoms with Crippen LogP contribution in [-0.4, -0.2) is 37.0 Å². The molecule has 2 rings (SSSR count). The zero-order chi connectivity index (χ0) is 11.5. The molecule has 1 aromatic rings. The highest BCUT2D eigenvalue weighted by atomic mass is 35.5. The van der Waals surface area contributed by atoms with Crippen LogP contribution >= 0.6 is 12.4 Å². The lowest BCUT2D eigenvalue weighted by Gasteiger charge is -2.31. The van der Waals surface area contributed by atoms with Crippen molar-refractivity contribution in [2.24, 2.45) is 0 Å². The number of nitrogens with zero attached hydrogens (tertiary/aromatic N) is 1. The van der Waals surface area contributed by atoms with Crippen LogP contribution in [0.15, 0.2) is 16.7 Å². The lowest BCUT2D eigenvalue weighted by atomic mass is 10.0. The number of hydrogen-bond donors (Lipinski definition) is 1. The van der Waals surface area contributed by atoms with E-state index < -0.39 is 0 Å². The molecule has 0 unspecified atom stereocenters. The molecule has 1 N–H and O–H groups in total. The van der Waals surface area contributed by atoms with Crippen molar-refractivity contribution in [1.29, 1.82) is 0 Å². The van der Waals surface area contributed by atoms with Crippen molar-refractivity contribution in [1.82, 2.24) is 10.2 Å². The Hall–Kier alpha value is -1.00. The summed E-state index contributed by atoms with van der Waals surface area (Å²) in [6.07, 6.45) is 3.60. The minimum absolute atomic E-state index is 0. The number of carbonyl (C=O) groups excluding carboxylic acids is 1. The van der Waals surface area contributed by atoms with Crippen LogP contribution in [0.3, 0.4) is 0 Å². The Kier molecular flexibility index (Phi) is 5.02. The summed E-state index contributed by atoms with van der Waals surface area (Å²) in [7, 11) is 1.97. The molecule has 1 saturated heterocycles. The third-order valence-corrected chi connectivity index (χ3v) is 3.25. The quantitative estimate of drug-likeness (QED) is 0.880. The molecule has 5 heteroatoms. The van der Waals surface area contributed by atoms with Gasteiger partial charge in [0.1, 0.15) is 0 Å². The molecule has 1 fully saturated rings. The van der Waals surface area contributed by atoms with E-state index in [0.29, 0.717) is 11.8 Å². The molecule has 4 nitrogen and oxygen atoms in total. The van der Waals surface area contributed by atoms with Crippen molar-refractivity contribution < 1.29 is 9.21 Å². The van der Waals surface area contributed by atoms with Crippen molar-refractivity contribution in [2.45, 2.75) is 25.8 Å². The number of nitrogens with one attached hydrogen (secondary N) is 1. The van der Waals surface area contributed by atoms with E-state index in [2.05, 4.69) is 5.32 Å². The van der Waals surface area contributed by atoms with Crippen molar-refractivity contribution in [3.05, 3.63) is 23.7 Å². The van der Waals surface area contributed by atoms with Crippen LogP contribution in [-0.2, 0) is 0 Å². The van der Waals surface area contributed by atoms with Gasteiger partial charge in [-0.15, -0.1) is 12.4 Å². The summed E-state index contributed by atoms with van der Waals surface area (Å²) in [6.45, 7) is 3.52. The first-order chi connectivity index (χ1) is 7.72. The van der Waals surface area contributed by atoms with E-state index in [9.17, 15) is 4.79 Å². The molecule has 96 valence electrons. The second-order valence-electron chi connectivity index (χ2n) is 4.29. The molecule has 1 aliphatic heterocycles. The van der Waals surface area contributed by atoms with Crippen LogP contribution in [0.4, 0.5) is 0 Å². The monoisotopic (exact) mass is 258 g/mol. The van der Waals surface area contributed by atoms with Crippen LogP contribution in [0, 0.1) is 6.92 Å². The minimum Gasteiger partial charge on any atom is -0.459 e. The van der Waals surface area contributed by atoms with Gasteiger partial charge in [0.2, 0.25) is 0 Å². The molecule has 0 bridgehead atoms. The van der Waals surface area contributed by atoms with Crippen LogP contribution in [0.2, 0.25) is 0 Å². The highest BCUT2D eigenvalue weighted by Crippen LogP contribution is 2.16. The molecule has 2 heterocycles. The molecule has 1 aromatic heterocycles. The largest absolute Gasteiger partial charge is 0.459 e. The SMILES string of the molecule is CNC1CCN(C(=O)c2occc2C)CC1.Cl. The Bertz CT molecular complexity index is 370. The summed E-state index contributed by atoms with van der Waals surface area (Å²) in [5, 5.41) is 3.25. The van der Waals surface area contributed by atoms with Crippen molar-refractivity contribution >= 4 is 18.3 Å². The minimum atomic E-state index is 0. The molecule has 0 radical (unpaired) electrons. The average molecular weight is 259 g/mol. The number of amides is 1. The molecule has 17 heavy (non-hydrogen) atoms. The van der Waals surface area contributed by atoms with Gasteiger partial charge in [-0.3, -0.25) is 4.79 Å². The number of carbonyl (C=O) groups is 1. The second-order valence-corrected chi connectivity index (χ2v) is 4.29. The van der Waals surface area contributed by atoms with E-state index >= 15 is 0 Å². The fraction of sp³-hybridized carbons (Fsp3) is 0.583. The van der Waals surface area contributed by atoms with Gasteiger partial charge in [-0.2, -0.15) is 0 Å². The third-order valence-electron chi connectivity index (χ3n) is 3.25. The van der Waals surface area contributed by atoms with E-state index in [1.807, 2.05) is 24.9 Å². The van der Waals surface area contributed by atoms with E-state index in [1.165, 1.54) is 0 Å². The summed E-state index contributed by atoms with van der Waals surface area (Å²) >= 11 is 0. The Balaban J connectivity index is 0.00000144. The normalized spacial score (nSPS) is 16.7. The molecule has 0 aliphatic carbocycles. The third kappa shape index (κ3) is 3.01. The lowest BCUT2D eigenvalue weighted by molar-refractivity contribution is 0.0674. The standard InChI is InChI=1S/C12H18N2O2.ClH/c1-9-5-8-16-11(9)12(15)14-6-3-10(13-2)4-7-14;/h5,8,10,13H,3-4,6-7H2,1-2H3;1H. The van der Waals surface area contributed by atoms with Gasteiger partial charge >= 0.3 is 0 Å². The molecule has 0 saturated carbocycles. The topological polar surface area (TPSA) is 45.5 Å². The van der Waals surface area contributed by atoms with Gasteiger partial charge in [0.05, 0.1) is 6.26 Å². The predicted molar refractivity (Wildman–Crippen MR) is 68.7 cm³/mol. The average Bonchev–Trinajstić information content (AvgIpc) is 2.75. The van der Waals surface area contributed by atoms with Crippen LogP contribution in [0.25, 0.3) is 0 Å². The van der Waals surface area contributed by atoms with Gasteiger partial charge < -0.3 is 14.6 Å². The van der Waals surface area contributed by atoms with Crippen molar-refractivity contribution in [2.75, 3.05) is 20.1 Å². The predicted octanol–water partition coefficient (Wildman–Crippen LogP) is 1.83. The summed E-state index contributed by atoms with van der Waals surface area (Å²) in [4.78, 5) is 14.0.